The number of ether oxygens (including phenoxy) is 1. The summed E-state index contributed by atoms with van der Waals surface area (Å²) in [5.41, 5.74) is 3.19. The Bertz CT molecular complexity index is 1050. The number of hydrogen-bond donors (Lipinski definition) is 1. The van der Waals surface area contributed by atoms with Gasteiger partial charge in [-0.05, 0) is 50.6 Å². The van der Waals surface area contributed by atoms with E-state index < -0.39 is 11.7 Å². The highest BCUT2D eigenvalue weighted by Gasteiger charge is 2.25. The van der Waals surface area contributed by atoms with Gasteiger partial charge in [0.15, 0.2) is 0 Å². The predicted octanol–water partition coefficient (Wildman–Crippen LogP) is 5.05. The van der Waals surface area contributed by atoms with Crippen LogP contribution in [0.15, 0.2) is 42.0 Å². The van der Waals surface area contributed by atoms with Crippen LogP contribution in [0, 0.1) is 0 Å². The minimum absolute atomic E-state index is 0.237. The van der Waals surface area contributed by atoms with Crippen molar-refractivity contribution in [1.82, 2.24) is 9.80 Å². The monoisotopic (exact) mass is 451 g/mol. The molecule has 2 aromatic rings. The molecule has 0 spiro atoms. The van der Waals surface area contributed by atoms with Gasteiger partial charge in [-0.2, -0.15) is 0 Å². The molecule has 2 aliphatic heterocycles. The van der Waals surface area contributed by atoms with E-state index in [1.54, 1.807) is 4.90 Å². The summed E-state index contributed by atoms with van der Waals surface area (Å²) >= 11 is 0. The Balaban J connectivity index is 1.50. The molecule has 1 N–H and O–H groups in total. The fourth-order valence-electron chi connectivity index (χ4n) is 4.51. The second kappa shape index (κ2) is 9.33. The van der Waals surface area contributed by atoms with Crippen LogP contribution in [0.3, 0.4) is 0 Å². The summed E-state index contributed by atoms with van der Waals surface area (Å²) in [6, 6.07) is 12.7. The highest BCUT2D eigenvalue weighted by molar-refractivity contribution is 5.99. The molecule has 7 nitrogen and oxygen atoms in total. The van der Waals surface area contributed by atoms with E-state index in [-0.39, 0.29) is 6.09 Å². The molecule has 2 saturated heterocycles. The van der Waals surface area contributed by atoms with Crippen molar-refractivity contribution >= 4 is 34.7 Å². The molecule has 2 fully saturated rings. The number of benzene rings is 2. The molecule has 2 aliphatic rings. The first-order chi connectivity index (χ1) is 15.7. The number of amides is 2. The molecule has 176 valence electrons. The normalized spacial score (nSPS) is 17.3. The van der Waals surface area contributed by atoms with Gasteiger partial charge in [-0.3, -0.25) is 0 Å². The number of carbonyl (C=O) groups is 2. The average Bonchev–Trinajstić information content (AvgIpc) is 2.79. The van der Waals surface area contributed by atoms with E-state index in [2.05, 4.69) is 47.4 Å². The third-order valence-electron chi connectivity index (χ3n) is 6.24. The number of carboxylic acid groups (broad SMARTS) is 1. The number of nitrogens with zero attached hydrogens (tertiary/aromatic N) is 3. The first-order valence-corrected chi connectivity index (χ1v) is 11.6. The lowest BCUT2D eigenvalue weighted by Crippen LogP contribution is -2.48. The fraction of sp³-hybridized carbons (Fsp3) is 0.462. The maximum atomic E-state index is 12.3. The molecule has 0 aromatic heterocycles. The zero-order chi connectivity index (χ0) is 23.6. The van der Waals surface area contributed by atoms with Gasteiger partial charge < -0.3 is 24.5 Å². The maximum Gasteiger partial charge on any atom is 0.410 e. The smallest absolute Gasteiger partial charge is 0.410 e. The van der Waals surface area contributed by atoms with Crippen LogP contribution < -0.4 is 4.90 Å². The van der Waals surface area contributed by atoms with E-state index in [0.29, 0.717) is 39.3 Å². The van der Waals surface area contributed by atoms with Crippen molar-refractivity contribution < 1.29 is 19.4 Å². The Morgan fingerprint density at radius 2 is 1.52 bits per heavy atom. The van der Waals surface area contributed by atoms with Crippen LogP contribution in [-0.4, -0.2) is 72.0 Å². The van der Waals surface area contributed by atoms with Crippen LogP contribution in [-0.2, 0) is 4.74 Å². The summed E-state index contributed by atoms with van der Waals surface area (Å²) < 4.78 is 5.51. The predicted molar refractivity (Wildman–Crippen MR) is 131 cm³/mol. The van der Waals surface area contributed by atoms with Crippen LogP contribution in [0.2, 0.25) is 0 Å². The first-order valence-electron chi connectivity index (χ1n) is 11.6. The Morgan fingerprint density at radius 1 is 0.879 bits per heavy atom. The molecule has 33 heavy (non-hydrogen) atoms. The lowest BCUT2D eigenvalue weighted by molar-refractivity contribution is 0.0237. The van der Waals surface area contributed by atoms with E-state index in [4.69, 9.17) is 4.74 Å². The Hall–Kier alpha value is -3.22. The van der Waals surface area contributed by atoms with Crippen LogP contribution >= 0.6 is 0 Å². The molecule has 2 heterocycles. The molecule has 7 heteroatoms. The molecule has 0 radical (unpaired) electrons. The minimum atomic E-state index is -0.848. The maximum absolute atomic E-state index is 12.3. The van der Waals surface area contributed by atoms with Crippen LogP contribution in [0.25, 0.3) is 16.8 Å². The SMILES string of the molecule is CC(C)(C)OC(=O)N1CCC(=Cc2ccc(N3CCN(C(=O)O)CC3)c3ccccc23)CC1. The van der Waals surface area contributed by atoms with Gasteiger partial charge in [0.25, 0.3) is 0 Å². The van der Waals surface area contributed by atoms with Gasteiger partial charge in [-0.1, -0.05) is 42.0 Å². The van der Waals surface area contributed by atoms with Crippen LogP contribution in [0.5, 0.6) is 0 Å². The van der Waals surface area contributed by atoms with E-state index in [9.17, 15) is 14.7 Å². The average molecular weight is 452 g/mol. The summed E-state index contributed by atoms with van der Waals surface area (Å²) in [5.74, 6) is 0. The number of carbonyl (C=O) groups excluding carboxylic acids is 1. The molecule has 0 atom stereocenters. The van der Waals surface area contributed by atoms with Crippen molar-refractivity contribution in [3.8, 4) is 0 Å². The summed E-state index contributed by atoms with van der Waals surface area (Å²) in [5, 5.41) is 11.6. The molecule has 4 rings (SSSR count). The second-order valence-corrected chi connectivity index (χ2v) is 9.75. The van der Waals surface area contributed by atoms with Crippen molar-refractivity contribution in [2.75, 3.05) is 44.2 Å². The van der Waals surface area contributed by atoms with E-state index in [1.807, 2.05) is 20.8 Å². The number of rotatable bonds is 2. The van der Waals surface area contributed by atoms with Crippen molar-refractivity contribution in [2.45, 2.75) is 39.2 Å². The highest BCUT2D eigenvalue weighted by atomic mass is 16.6. The lowest BCUT2D eigenvalue weighted by atomic mass is 9.96. The number of piperidine rings is 1. The Kier molecular flexibility index (Phi) is 6.49. The van der Waals surface area contributed by atoms with Gasteiger partial charge in [0.1, 0.15) is 5.60 Å². The fourth-order valence-corrected chi connectivity index (χ4v) is 4.51. The highest BCUT2D eigenvalue weighted by Crippen LogP contribution is 2.32. The number of anilines is 1. The third kappa shape index (κ3) is 5.41. The third-order valence-corrected chi connectivity index (χ3v) is 6.24. The summed E-state index contributed by atoms with van der Waals surface area (Å²) in [6.07, 6.45) is 2.86. The first kappa shape index (κ1) is 23.0. The number of fused-ring (bicyclic) bond motifs is 1. The lowest BCUT2D eigenvalue weighted by Gasteiger charge is -2.35. The molecule has 2 aromatic carbocycles. The van der Waals surface area contributed by atoms with Crippen molar-refractivity contribution in [3.63, 3.8) is 0 Å². The van der Waals surface area contributed by atoms with E-state index in [1.165, 1.54) is 26.8 Å². The van der Waals surface area contributed by atoms with Crippen molar-refractivity contribution in [2.24, 2.45) is 0 Å². The zero-order valence-electron chi connectivity index (χ0n) is 19.7. The number of hydrogen-bond acceptors (Lipinski definition) is 4. The van der Waals surface area contributed by atoms with Gasteiger partial charge in [0, 0.05) is 50.3 Å². The number of piperazine rings is 1. The van der Waals surface area contributed by atoms with E-state index in [0.717, 1.165) is 18.5 Å². The van der Waals surface area contributed by atoms with Gasteiger partial charge in [-0.15, -0.1) is 0 Å². The molecule has 0 bridgehead atoms. The molecule has 0 saturated carbocycles. The van der Waals surface area contributed by atoms with Gasteiger partial charge >= 0.3 is 12.2 Å². The molecule has 2 amide bonds. The van der Waals surface area contributed by atoms with Crippen molar-refractivity contribution in [1.29, 1.82) is 0 Å². The summed E-state index contributed by atoms with van der Waals surface area (Å²) in [6.45, 7) is 9.43. The zero-order valence-corrected chi connectivity index (χ0v) is 19.7. The van der Waals surface area contributed by atoms with Crippen LogP contribution in [0.1, 0.15) is 39.2 Å². The Labute approximate surface area is 195 Å². The van der Waals surface area contributed by atoms with Gasteiger partial charge in [0.05, 0.1) is 0 Å². The Morgan fingerprint density at radius 3 is 2.12 bits per heavy atom. The minimum Gasteiger partial charge on any atom is -0.465 e. The molecule has 0 aliphatic carbocycles. The van der Waals surface area contributed by atoms with E-state index >= 15 is 0 Å². The van der Waals surface area contributed by atoms with Crippen molar-refractivity contribution in [3.05, 3.63) is 47.5 Å². The number of likely N-dealkylation sites (tertiary alicyclic amines) is 1. The standard InChI is InChI=1S/C26H33N3O4/c1-26(2,3)33-25(32)29-12-10-19(11-13-29)18-20-8-9-23(22-7-5-4-6-21(20)22)27-14-16-28(17-15-27)24(30)31/h4-9,18H,10-17H2,1-3H3,(H,30,31). The quantitative estimate of drug-likeness (QED) is 0.691. The van der Waals surface area contributed by atoms with Gasteiger partial charge in [0.2, 0.25) is 0 Å². The van der Waals surface area contributed by atoms with Gasteiger partial charge in [-0.25, -0.2) is 9.59 Å². The molecule has 0 unspecified atom stereocenters. The summed E-state index contributed by atoms with van der Waals surface area (Å²) in [7, 11) is 0. The van der Waals surface area contributed by atoms with Crippen LogP contribution in [0.4, 0.5) is 15.3 Å². The second-order valence-electron chi connectivity index (χ2n) is 9.75. The summed E-state index contributed by atoms with van der Waals surface area (Å²) in [4.78, 5) is 29.1. The molecular formula is C26H33N3O4. The topological polar surface area (TPSA) is 73.3 Å². The molecular weight excluding hydrogens is 418 g/mol. The largest absolute Gasteiger partial charge is 0.465 e.